The van der Waals surface area contributed by atoms with Crippen molar-refractivity contribution in [3.05, 3.63) is 65.9 Å². The number of aryl methyl sites for hydroxylation is 2. The van der Waals surface area contributed by atoms with E-state index < -0.39 is 11.0 Å². The molecule has 1 heterocycles. The summed E-state index contributed by atoms with van der Waals surface area (Å²) in [5, 5.41) is 19.2. The van der Waals surface area contributed by atoms with Gasteiger partial charge >= 0.3 is 0 Å². The SMILES string of the molecule is Cc1ccc(-c2cc(CCCO)nn2-c2ccc(S(N)=O)cc2)cc1. The van der Waals surface area contributed by atoms with Crippen molar-refractivity contribution in [2.75, 3.05) is 6.61 Å². The number of nitrogens with two attached hydrogens (primary N) is 1. The fourth-order valence-corrected chi connectivity index (χ4v) is 3.07. The third kappa shape index (κ3) is 4.04. The third-order valence-electron chi connectivity index (χ3n) is 4.01. The Balaban J connectivity index is 2.05. The fraction of sp³-hybridized carbons (Fsp3) is 0.211. The minimum Gasteiger partial charge on any atom is -0.396 e. The highest BCUT2D eigenvalue weighted by Gasteiger charge is 2.12. The van der Waals surface area contributed by atoms with Gasteiger partial charge in [0, 0.05) is 12.2 Å². The van der Waals surface area contributed by atoms with Gasteiger partial charge in [0.05, 0.1) is 22.0 Å². The van der Waals surface area contributed by atoms with Crippen LogP contribution >= 0.6 is 0 Å². The number of aromatic nitrogens is 2. The molecule has 0 aliphatic rings. The van der Waals surface area contributed by atoms with Crippen molar-refractivity contribution in [1.29, 1.82) is 0 Å². The molecule has 5 nitrogen and oxygen atoms in total. The molecule has 0 saturated heterocycles. The minimum absolute atomic E-state index is 0.143. The molecule has 6 heteroatoms. The minimum atomic E-state index is -1.49. The second-order valence-electron chi connectivity index (χ2n) is 5.92. The lowest BCUT2D eigenvalue weighted by atomic mass is 10.1. The predicted molar refractivity (Wildman–Crippen MR) is 99.7 cm³/mol. The van der Waals surface area contributed by atoms with Gasteiger partial charge in [0.2, 0.25) is 0 Å². The number of nitrogens with zero attached hydrogens (tertiary/aromatic N) is 2. The molecule has 0 bridgehead atoms. The Morgan fingerprint density at radius 1 is 1.12 bits per heavy atom. The van der Waals surface area contributed by atoms with Crippen molar-refractivity contribution >= 4 is 11.0 Å². The van der Waals surface area contributed by atoms with E-state index in [9.17, 15) is 4.21 Å². The molecular weight excluding hydrogens is 334 g/mol. The molecule has 0 radical (unpaired) electrons. The summed E-state index contributed by atoms with van der Waals surface area (Å²) in [5.74, 6) is 0. The summed E-state index contributed by atoms with van der Waals surface area (Å²) in [4.78, 5) is 0.577. The summed E-state index contributed by atoms with van der Waals surface area (Å²) in [5.41, 5.74) is 5.05. The summed E-state index contributed by atoms with van der Waals surface area (Å²) in [6, 6.07) is 17.6. The molecule has 3 N–H and O–H groups in total. The highest BCUT2D eigenvalue weighted by molar-refractivity contribution is 7.82. The zero-order valence-corrected chi connectivity index (χ0v) is 14.9. The number of benzene rings is 2. The topological polar surface area (TPSA) is 81.1 Å². The summed E-state index contributed by atoms with van der Waals surface area (Å²) < 4.78 is 13.3. The van der Waals surface area contributed by atoms with Crippen molar-refractivity contribution in [3.63, 3.8) is 0 Å². The van der Waals surface area contributed by atoms with E-state index in [1.807, 2.05) is 16.8 Å². The third-order valence-corrected chi connectivity index (χ3v) is 4.75. The molecule has 0 aliphatic carbocycles. The van der Waals surface area contributed by atoms with Gasteiger partial charge in [0.15, 0.2) is 0 Å². The van der Waals surface area contributed by atoms with Gasteiger partial charge in [0.25, 0.3) is 0 Å². The molecule has 130 valence electrons. The van der Waals surface area contributed by atoms with Crippen LogP contribution in [0.2, 0.25) is 0 Å². The Labute approximate surface area is 149 Å². The van der Waals surface area contributed by atoms with Crippen LogP contribution in [-0.4, -0.2) is 25.7 Å². The van der Waals surface area contributed by atoms with Gasteiger partial charge in [0.1, 0.15) is 11.0 Å². The second kappa shape index (κ2) is 7.74. The first kappa shape index (κ1) is 17.5. The smallest absolute Gasteiger partial charge is 0.122 e. The van der Waals surface area contributed by atoms with E-state index in [1.54, 1.807) is 12.1 Å². The Morgan fingerprint density at radius 2 is 1.80 bits per heavy atom. The molecule has 0 amide bonds. The van der Waals surface area contributed by atoms with Crippen molar-refractivity contribution in [3.8, 4) is 16.9 Å². The maximum Gasteiger partial charge on any atom is 0.122 e. The van der Waals surface area contributed by atoms with Crippen LogP contribution < -0.4 is 5.14 Å². The molecular formula is C19H21N3O2S. The highest BCUT2D eigenvalue weighted by Crippen LogP contribution is 2.25. The Bertz CT molecular complexity index is 871. The Morgan fingerprint density at radius 3 is 2.40 bits per heavy atom. The van der Waals surface area contributed by atoms with Gasteiger partial charge < -0.3 is 5.11 Å². The maximum atomic E-state index is 11.4. The van der Waals surface area contributed by atoms with E-state index in [1.165, 1.54) is 5.56 Å². The van der Waals surface area contributed by atoms with E-state index >= 15 is 0 Å². The number of hydrogen-bond acceptors (Lipinski definition) is 3. The van der Waals surface area contributed by atoms with Gasteiger partial charge in [-0.05, 0) is 50.1 Å². The van der Waals surface area contributed by atoms with Crippen LogP contribution in [0, 0.1) is 6.92 Å². The lowest BCUT2D eigenvalue weighted by Crippen LogP contribution is -2.04. The molecule has 0 saturated carbocycles. The summed E-state index contributed by atoms with van der Waals surface area (Å²) in [6.45, 7) is 2.20. The molecule has 3 rings (SSSR count). The van der Waals surface area contributed by atoms with Crippen molar-refractivity contribution in [2.45, 2.75) is 24.7 Å². The van der Waals surface area contributed by atoms with Gasteiger partial charge in [-0.1, -0.05) is 29.8 Å². The van der Waals surface area contributed by atoms with Crippen molar-refractivity contribution < 1.29 is 9.32 Å². The molecule has 0 fully saturated rings. The first-order valence-electron chi connectivity index (χ1n) is 8.12. The van der Waals surface area contributed by atoms with Crippen LogP contribution in [0.1, 0.15) is 17.7 Å². The molecule has 0 aliphatic heterocycles. The first-order valence-corrected chi connectivity index (χ1v) is 9.33. The highest BCUT2D eigenvalue weighted by atomic mass is 32.2. The van der Waals surface area contributed by atoms with Gasteiger partial charge in [-0.15, -0.1) is 0 Å². The van der Waals surface area contributed by atoms with Gasteiger partial charge in [-0.3, -0.25) is 0 Å². The Hall–Kier alpha value is -2.28. The van der Waals surface area contributed by atoms with E-state index in [0.29, 0.717) is 17.7 Å². The lowest BCUT2D eigenvalue weighted by molar-refractivity contribution is 0.288. The van der Waals surface area contributed by atoms with Gasteiger partial charge in [-0.2, -0.15) is 5.10 Å². The average Bonchev–Trinajstić information content (AvgIpc) is 3.05. The van der Waals surface area contributed by atoms with Crippen LogP contribution in [0.4, 0.5) is 0 Å². The largest absolute Gasteiger partial charge is 0.396 e. The average molecular weight is 355 g/mol. The molecule has 3 aromatic rings. The molecule has 1 aromatic heterocycles. The van der Waals surface area contributed by atoms with Crippen LogP contribution in [-0.2, 0) is 17.4 Å². The summed E-state index contributed by atoms with van der Waals surface area (Å²) in [6.07, 6.45) is 1.39. The molecule has 25 heavy (non-hydrogen) atoms. The Kier molecular flexibility index (Phi) is 5.43. The normalized spacial score (nSPS) is 12.3. The molecule has 1 atom stereocenters. The zero-order valence-electron chi connectivity index (χ0n) is 14.1. The summed E-state index contributed by atoms with van der Waals surface area (Å²) in [7, 11) is -1.49. The number of hydrogen-bond donors (Lipinski definition) is 2. The molecule has 0 spiro atoms. The molecule has 2 aromatic carbocycles. The second-order valence-corrected chi connectivity index (χ2v) is 6.98. The van der Waals surface area contributed by atoms with Crippen LogP contribution in [0.5, 0.6) is 0 Å². The summed E-state index contributed by atoms with van der Waals surface area (Å²) >= 11 is 0. The standard InChI is InChI=1S/C19H21N3O2S/c1-14-4-6-15(7-5-14)19-13-16(3-2-12-23)21-22(19)17-8-10-18(11-9-17)25(20)24/h4-11,13,23H,2-3,12,20H2,1H3. The molecule has 1 unspecified atom stereocenters. The number of aliphatic hydroxyl groups excluding tert-OH is 1. The van der Waals surface area contributed by atoms with E-state index in [-0.39, 0.29) is 6.61 Å². The number of rotatable bonds is 6. The first-order chi connectivity index (χ1) is 12.1. The monoisotopic (exact) mass is 355 g/mol. The van der Waals surface area contributed by atoms with Crippen LogP contribution in [0.3, 0.4) is 0 Å². The van der Waals surface area contributed by atoms with Crippen LogP contribution in [0.25, 0.3) is 16.9 Å². The lowest BCUT2D eigenvalue weighted by Gasteiger charge is -2.08. The quantitative estimate of drug-likeness (QED) is 0.713. The van der Waals surface area contributed by atoms with Crippen molar-refractivity contribution in [1.82, 2.24) is 9.78 Å². The zero-order chi connectivity index (χ0) is 17.8. The van der Waals surface area contributed by atoms with E-state index in [0.717, 1.165) is 22.6 Å². The predicted octanol–water partition coefficient (Wildman–Crippen LogP) is 2.75. The fourth-order valence-electron chi connectivity index (χ4n) is 2.66. The number of aliphatic hydroxyl groups is 1. The van der Waals surface area contributed by atoms with Crippen molar-refractivity contribution in [2.24, 2.45) is 5.14 Å². The van der Waals surface area contributed by atoms with Crippen LogP contribution in [0.15, 0.2) is 59.5 Å². The van der Waals surface area contributed by atoms with E-state index in [4.69, 9.17) is 10.2 Å². The van der Waals surface area contributed by atoms with Gasteiger partial charge in [-0.25, -0.2) is 14.0 Å². The van der Waals surface area contributed by atoms with E-state index in [2.05, 4.69) is 42.4 Å². The maximum absolute atomic E-state index is 11.4.